The Morgan fingerprint density at radius 3 is 2.54 bits per heavy atom. The molecule has 3 heterocycles. The van der Waals surface area contributed by atoms with Crippen molar-refractivity contribution in [1.29, 1.82) is 0 Å². The molecule has 9 heteroatoms. The molecule has 1 fully saturated rings. The van der Waals surface area contributed by atoms with Crippen LogP contribution in [0.4, 0.5) is 0 Å². The van der Waals surface area contributed by atoms with Crippen molar-refractivity contribution in [3.8, 4) is 0 Å². The number of hydrogen-bond acceptors (Lipinski definition) is 7. The van der Waals surface area contributed by atoms with Crippen molar-refractivity contribution in [2.75, 3.05) is 13.1 Å². The fourth-order valence-electron chi connectivity index (χ4n) is 4.78. The maximum absolute atomic E-state index is 13.7. The minimum atomic E-state index is -0.757. The molecule has 0 aliphatic carbocycles. The van der Waals surface area contributed by atoms with E-state index in [4.69, 9.17) is 4.52 Å². The number of aromatic nitrogens is 1. The van der Waals surface area contributed by atoms with Gasteiger partial charge in [-0.2, -0.15) is 0 Å². The van der Waals surface area contributed by atoms with Crippen LogP contribution < -0.4 is 5.32 Å². The van der Waals surface area contributed by atoms with Crippen molar-refractivity contribution in [1.82, 2.24) is 15.4 Å². The van der Waals surface area contributed by atoms with Gasteiger partial charge in [-0.1, -0.05) is 50.2 Å². The van der Waals surface area contributed by atoms with Gasteiger partial charge < -0.3 is 19.8 Å². The second-order valence-corrected chi connectivity index (χ2v) is 11.6. The quantitative estimate of drug-likeness (QED) is 0.628. The lowest BCUT2D eigenvalue weighted by atomic mass is 9.78. The summed E-state index contributed by atoms with van der Waals surface area (Å²) in [6.45, 7) is 10.5. The largest absolute Gasteiger partial charge is 0.391 e. The molecule has 4 rings (SSSR count). The summed E-state index contributed by atoms with van der Waals surface area (Å²) in [7, 11) is 0. The van der Waals surface area contributed by atoms with Crippen LogP contribution in [-0.4, -0.2) is 57.8 Å². The summed E-state index contributed by atoms with van der Waals surface area (Å²) in [6, 6.07) is 8.96. The average molecular weight is 499 g/mol. The lowest BCUT2D eigenvalue weighted by Crippen LogP contribution is -2.49. The predicted molar refractivity (Wildman–Crippen MR) is 136 cm³/mol. The number of nitrogens with one attached hydrogen (secondary N) is 1. The molecule has 35 heavy (non-hydrogen) atoms. The van der Waals surface area contributed by atoms with Gasteiger partial charge in [0.25, 0.3) is 0 Å². The van der Waals surface area contributed by atoms with Crippen LogP contribution in [0.15, 0.2) is 39.8 Å². The zero-order valence-electron chi connectivity index (χ0n) is 20.9. The van der Waals surface area contributed by atoms with E-state index < -0.39 is 23.5 Å². The van der Waals surface area contributed by atoms with E-state index in [1.54, 1.807) is 24.8 Å². The summed E-state index contributed by atoms with van der Waals surface area (Å²) in [5, 5.41) is 17.7. The van der Waals surface area contributed by atoms with Gasteiger partial charge in [0.2, 0.25) is 11.8 Å². The number of carbonyl (C=O) groups is 2. The molecule has 0 radical (unpaired) electrons. The van der Waals surface area contributed by atoms with Gasteiger partial charge >= 0.3 is 0 Å². The number of nitrogens with zero attached hydrogens (tertiary/aromatic N) is 3. The highest BCUT2D eigenvalue weighted by atomic mass is 32.2. The number of carbonyl (C=O) groups excluding carboxylic acids is 2. The lowest BCUT2D eigenvalue weighted by molar-refractivity contribution is -0.142. The lowest BCUT2D eigenvalue weighted by Gasteiger charge is -2.33. The summed E-state index contributed by atoms with van der Waals surface area (Å²) in [4.78, 5) is 32.8. The second kappa shape index (κ2) is 10.1. The molecule has 8 nitrogen and oxygen atoms in total. The highest BCUT2D eigenvalue weighted by Crippen LogP contribution is 2.39. The highest BCUT2D eigenvalue weighted by Gasteiger charge is 2.46. The maximum Gasteiger partial charge on any atom is 0.243 e. The summed E-state index contributed by atoms with van der Waals surface area (Å²) >= 11 is 1.71. The Morgan fingerprint density at radius 1 is 1.26 bits per heavy atom. The molecular weight excluding hydrogens is 464 g/mol. The Bertz CT molecular complexity index is 1080. The number of hydrogen-bond donors (Lipinski definition) is 2. The van der Waals surface area contributed by atoms with Gasteiger partial charge in [-0.05, 0) is 30.4 Å². The van der Waals surface area contributed by atoms with Crippen LogP contribution in [0.2, 0.25) is 0 Å². The summed E-state index contributed by atoms with van der Waals surface area (Å²) in [6.07, 6.45) is -0.554. The third-order valence-corrected chi connectivity index (χ3v) is 7.67. The zero-order valence-corrected chi connectivity index (χ0v) is 21.7. The molecule has 1 unspecified atom stereocenters. The Balaban J connectivity index is 1.47. The first-order chi connectivity index (χ1) is 16.5. The van der Waals surface area contributed by atoms with Crippen LogP contribution in [0.25, 0.3) is 0 Å². The second-order valence-electron chi connectivity index (χ2n) is 10.6. The first-order valence-corrected chi connectivity index (χ1v) is 12.9. The van der Waals surface area contributed by atoms with E-state index in [2.05, 4.69) is 27.6 Å². The van der Waals surface area contributed by atoms with Gasteiger partial charge in [-0.3, -0.25) is 14.6 Å². The molecular formula is C26H34N4O4S. The molecule has 2 amide bonds. The van der Waals surface area contributed by atoms with Crippen molar-refractivity contribution in [2.45, 2.75) is 70.4 Å². The third kappa shape index (κ3) is 5.62. The van der Waals surface area contributed by atoms with Crippen molar-refractivity contribution in [3.05, 3.63) is 52.9 Å². The minimum absolute atomic E-state index is 0.112. The van der Waals surface area contributed by atoms with E-state index in [1.807, 2.05) is 45.4 Å². The number of aliphatic hydroxyl groups excluding tert-OH is 1. The number of amides is 2. The van der Waals surface area contributed by atoms with E-state index in [-0.39, 0.29) is 30.8 Å². The highest BCUT2D eigenvalue weighted by molar-refractivity contribution is 8.12. The number of likely N-dealkylation sites (tertiary alicyclic amines) is 1. The molecule has 0 saturated carbocycles. The standard InChI is InChI=1S/C26H34N4O4S/c1-15-10-21(34-29-15)23(26(3,4)5)25(33)30-13-19(31)11-20(30)24(32)28-16(2)17-6-8-18(9-7-17)22-12-27-14-35-22/h6-10,14,16,19-20,22-23,31H,11-13H2,1-5H3,(H,28,32)/t16-,19+,20-,22?,23+/m0/s1. The van der Waals surface area contributed by atoms with Crippen LogP contribution in [0, 0.1) is 12.3 Å². The summed E-state index contributed by atoms with van der Waals surface area (Å²) in [5.41, 5.74) is 4.30. The summed E-state index contributed by atoms with van der Waals surface area (Å²) < 4.78 is 5.46. The topological polar surface area (TPSA) is 108 Å². The van der Waals surface area contributed by atoms with Gasteiger partial charge in [-0.25, -0.2) is 0 Å². The van der Waals surface area contributed by atoms with E-state index >= 15 is 0 Å². The summed E-state index contributed by atoms with van der Waals surface area (Å²) in [5.74, 6) is -0.655. The molecule has 5 atom stereocenters. The normalized spacial score (nSPS) is 23.9. The van der Waals surface area contributed by atoms with Gasteiger partial charge in [0.15, 0.2) is 0 Å². The number of aryl methyl sites for hydroxylation is 1. The Labute approximate surface area is 210 Å². The predicted octanol–water partition coefficient (Wildman–Crippen LogP) is 3.77. The Kier molecular flexibility index (Phi) is 7.38. The average Bonchev–Trinajstić information content (AvgIpc) is 3.54. The molecule has 2 N–H and O–H groups in total. The minimum Gasteiger partial charge on any atom is -0.391 e. The van der Waals surface area contributed by atoms with Crippen LogP contribution in [-0.2, 0) is 9.59 Å². The van der Waals surface area contributed by atoms with Crippen LogP contribution in [0.5, 0.6) is 0 Å². The fourth-order valence-corrected chi connectivity index (χ4v) is 5.59. The number of β-amino-alcohol motifs (C(OH)–C–C–N with tert-alkyl or cyclic N) is 1. The molecule has 1 aromatic heterocycles. The maximum atomic E-state index is 13.7. The van der Waals surface area contributed by atoms with E-state index in [1.165, 1.54) is 10.5 Å². The van der Waals surface area contributed by atoms with Crippen molar-refractivity contribution >= 4 is 29.1 Å². The molecule has 2 aromatic rings. The van der Waals surface area contributed by atoms with E-state index in [0.29, 0.717) is 16.7 Å². The molecule has 0 bridgehead atoms. The van der Waals surface area contributed by atoms with Gasteiger partial charge in [-0.15, -0.1) is 11.8 Å². The molecule has 1 aromatic carbocycles. The van der Waals surface area contributed by atoms with Gasteiger partial charge in [0, 0.05) is 19.0 Å². The van der Waals surface area contributed by atoms with Gasteiger partial charge in [0.05, 0.1) is 35.2 Å². The van der Waals surface area contributed by atoms with Crippen LogP contribution >= 0.6 is 11.8 Å². The fraction of sp³-hybridized carbons (Fsp3) is 0.538. The van der Waals surface area contributed by atoms with Crippen LogP contribution in [0.3, 0.4) is 0 Å². The van der Waals surface area contributed by atoms with E-state index in [0.717, 1.165) is 12.1 Å². The first-order valence-electron chi connectivity index (χ1n) is 12.0. The number of rotatable bonds is 6. The van der Waals surface area contributed by atoms with Crippen LogP contribution in [0.1, 0.15) is 73.9 Å². The zero-order chi connectivity index (χ0) is 25.3. The first kappa shape index (κ1) is 25.4. The monoisotopic (exact) mass is 498 g/mol. The van der Waals surface area contributed by atoms with Crippen molar-refractivity contribution < 1.29 is 19.2 Å². The van der Waals surface area contributed by atoms with E-state index in [9.17, 15) is 14.7 Å². The Hall–Kier alpha value is -2.65. The van der Waals surface area contributed by atoms with Crippen molar-refractivity contribution in [2.24, 2.45) is 10.4 Å². The molecule has 0 spiro atoms. The molecule has 2 aliphatic heterocycles. The smallest absolute Gasteiger partial charge is 0.243 e. The Morgan fingerprint density at radius 2 is 1.97 bits per heavy atom. The molecule has 1 saturated heterocycles. The third-order valence-electron chi connectivity index (χ3n) is 6.65. The number of benzene rings is 1. The SMILES string of the molecule is Cc1cc([C@H](C(=O)N2C[C@H](O)C[C@H]2C(=O)N[C@@H](C)c2ccc(C3CN=CS3)cc2)C(C)(C)C)on1. The number of aliphatic hydroxyl groups is 1. The number of thioether (sulfide) groups is 1. The molecule has 2 aliphatic rings. The van der Waals surface area contributed by atoms with Gasteiger partial charge in [0.1, 0.15) is 17.7 Å². The number of aliphatic imine (C=N–C) groups is 1. The molecule has 188 valence electrons. The van der Waals surface area contributed by atoms with Crippen molar-refractivity contribution in [3.63, 3.8) is 0 Å².